The van der Waals surface area contributed by atoms with Crippen LogP contribution in [0.1, 0.15) is 26.9 Å². The van der Waals surface area contributed by atoms with Crippen LogP contribution >= 0.6 is 49.9 Å². The summed E-state index contributed by atoms with van der Waals surface area (Å²) in [4.78, 5) is 2.58. The Labute approximate surface area is 128 Å². The smallest absolute Gasteiger partial charge is 0.0659 e. The van der Waals surface area contributed by atoms with Crippen molar-refractivity contribution >= 4 is 49.9 Å². The summed E-state index contributed by atoms with van der Waals surface area (Å²) in [6.07, 6.45) is 0. The second-order valence-electron chi connectivity index (χ2n) is 4.05. The lowest BCUT2D eigenvalue weighted by Crippen LogP contribution is -2.12. The minimum absolute atomic E-state index is 0.0295. The first-order valence-corrected chi connectivity index (χ1v) is 7.95. The van der Waals surface area contributed by atoms with Crippen molar-refractivity contribution in [3.8, 4) is 0 Å². The Morgan fingerprint density at radius 1 is 1.29 bits per heavy atom. The van der Waals surface area contributed by atoms with Crippen LogP contribution in [-0.4, -0.2) is 0 Å². The molecule has 1 unspecified atom stereocenters. The Hall–Kier alpha value is 0.0900. The highest BCUT2D eigenvalue weighted by Crippen LogP contribution is 2.33. The molecule has 0 saturated carbocycles. The summed E-state index contributed by atoms with van der Waals surface area (Å²) in [6, 6.07) is 8.42. The summed E-state index contributed by atoms with van der Waals surface area (Å²) in [6.45, 7) is 4.25. The van der Waals surface area contributed by atoms with Crippen LogP contribution in [-0.2, 0) is 0 Å². The summed E-state index contributed by atoms with van der Waals surface area (Å²) in [5, 5.41) is 0. The summed E-state index contributed by atoms with van der Waals surface area (Å²) in [5.74, 6) is 0. The van der Waals surface area contributed by atoms with E-state index >= 15 is 0 Å². The quantitative estimate of drug-likeness (QED) is 0.693. The van der Waals surface area contributed by atoms with E-state index in [1.807, 2.05) is 6.07 Å². The molecule has 2 N–H and O–H groups in total. The van der Waals surface area contributed by atoms with Gasteiger partial charge in [-0.05, 0) is 71.8 Å². The normalized spacial score (nSPS) is 12.8. The maximum atomic E-state index is 6.38. The van der Waals surface area contributed by atoms with Gasteiger partial charge in [-0.2, -0.15) is 0 Å². The zero-order valence-corrected chi connectivity index (χ0v) is 14.2. The molecule has 0 fully saturated rings. The second-order valence-corrected chi connectivity index (χ2v) is 7.41. The van der Waals surface area contributed by atoms with Gasteiger partial charge in [-0.15, -0.1) is 11.3 Å². The zero-order chi connectivity index (χ0) is 12.6. The number of rotatable bonds is 2. The Bertz CT molecular complexity index is 550. The molecule has 0 bridgehead atoms. The van der Waals surface area contributed by atoms with Crippen LogP contribution in [0.4, 0.5) is 0 Å². The van der Waals surface area contributed by atoms with Gasteiger partial charge in [0.15, 0.2) is 0 Å². The average molecular weight is 422 g/mol. The van der Waals surface area contributed by atoms with Crippen LogP contribution in [0.3, 0.4) is 0 Å². The van der Waals surface area contributed by atoms with Gasteiger partial charge < -0.3 is 5.73 Å². The molecule has 1 heterocycles. The van der Waals surface area contributed by atoms with E-state index in [0.717, 1.165) is 4.47 Å². The topological polar surface area (TPSA) is 26.0 Å². The van der Waals surface area contributed by atoms with Gasteiger partial charge in [0.2, 0.25) is 0 Å². The number of benzene rings is 1. The number of hydrogen-bond acceptors (Lipinski definition) is 2. The largest absolute Gasteiger partial charge is 0.320 e. The maximum Gasteiger partial charge on any atom is 0.0659 e. The molecule has 0 aliphatic carbocycles. The van der Waals surface area contributed by atoms with Crippen LogP contribution in [0.15, 0.2) is 28.7 Å². The van der Waals surface area contributed by atoms with Gasteiger partial charge in [0.1, 0.15) is 0 Å². The number of aryl methyl sites for hydroxylation is 2. The van der Waals surface area contributed by atoms with E-state index < -0.39 is 0 Å². The van der Waals surface area contributed by atoms with Crippen molar-refractivity contribution in [3.05, 3.63) is 53.2 Å². The highest BCUT2D eigenvalue weighted by molar-refractivity contribution is 14.1. The fourth-order valence-corrected chi connectivity index (χ4v) is 3.97. The number of halogens is 2. The van der Waals surface area contributed by atoms with Crippen molar-refractivity contribution in [1.29, 1.82) is 0 Å². The van der Waals surface area contributed by atoms with Crippen LogP contribution in [0.25, 0.3) is 0 Å². The van der Waals surface area contributed by atoms with Gasteiger partial charge in [0.25, 0.3) is 0 Å². The van der Waals surface area contributed by atoms with Crippen molar-refractivity contribution in [3.63, 3.8) is 0 Å². The SMILES string of the molecule is Cc1cc(C)c(C(N)c2cc(Br)ccc2I)s1. The lowest BCUT2D eigenvalue weighted by molar-refractivity contribution is 0.877. The van der Waals surface area contributed by atoms with Gasteiger partial charge in [0.05, 0.1) is 6.04 Å². The van der Waals surface area contributed by atoms with Gasteiger partial charge in [0, 0.05) is 17.8 Å². The van der Waals surface area contributed by atoms with Gasteiger partial charge in [-0.1, -0.05) is 15.9 Å². The molecule has 0 saturated heterocycles. The molecule has 0 aliphatic heterocycles. The molecular formula is C13H13BrINS. The van der Waals surface area contributed by atoms with Crippen molar-refractivity contribution in [1.82, 2.24) is 0 Å². The molecule has 1 aromatic carbocycles. The Morgan fingerprint density at radius 3 is 2.59 bits per heavy atom. The maximum absolute atomic E-state index is 6.38. The molecule has 2 aromatic rings. The van der Waals surface area contributed by atoms with Gasteiger partial charge >= 0.3 is 0 Å². The van der Waals surface area contributed by atoms with Crippen molar-refractivity contribution in [2.45, 2.75) is 19.9 Å². The molecule has 1 aromatic heterocycles. The summed E-state index contributed by atoms with van der Waals surface area (Å²) in [5.41, 5.74) is 8.86. The third-order valence-corrected chi connectivity index (χ3v) is 5.37. The first-order valence-electron chi connectivity index (χ1n) is 5.26. The lowest BCUT2D eigenvalue weighted by Gasteiger charge is -2.14. The minimum Gasteiger partial charge on any atom is -0.320 e. The average Bonchev–Trinajstić information content (AvgIpc) is 2.60. The minimum atomic E-state index is -0.0295. The number of nitrogens with two attached hydrogens (primary N) is 1. The molecule has 0 spiro atoms. The monoisotopic (exact) mass is 421 g/mol. The van der Waals surface area contributed by atoms with E-state index in [9.17, 15) is 0 Å². The number of thiophene rings is 1. The molecule has 1 atom stereocenters. The zero-order valence-electron chi connectivity index (χ0n) is 9.63. The van der Waals surface area contributed by atoms with E-state index in [1.165, 1.54) is 24.5 Å². The van der Waals surface area contributed by atoms with Crippen LogP contribution in [0.5, 0.6) is 0 Å². The predicted molar refractivity (Wildman–Crippen MR) is 86.7 cm³/mol. The second kappa shape index (κ2) is 5.38. The highest BCUT2D eigenvalue weighted by atomic mass is 127. The molecule has 0 amide bonds. The standard InChI is InChI=1S/C13H13BrINS/c1-7-5-8(2)17-13(7)12(16)10-6-9(14)3-4-11(10)15/h3-6,12H,16H2,1-2H3. The molecular weight excluding hydrogens is 409 g/mol. The Balaban J connectivity index is 2.46. The van der Waals surface area contributed by atoms with Crippen molar-refractivity contribution in [2.75, 3.05) is 0 Å². The van der Waals surface area contributed by atoms with Crippen LogP contribution in [0, 0.1) is 17.4 Å². The molecule has 17 heavy (non-hydrogen) atoms. The molecule has 4 heteroatoms. The summed E-state index contributed by atoms with van der Waals surface area (Å²) < 4.78 is 2.29. The van der Waals surface area contributed by atoms with E-state index in [2.05, 4.69) is 70.6 Å². The molecule has 0 aliphatic rings. The fourth-order valence-electron chi connectivity index (χ4n) is 1.86. The molecule has 0 radical (unpaired) electrons. The fraction of sp³-hybridized carbons (Fsp3) is 0.231. The van der Waals surface area contributed by atoms with Gasteiger partial charge in [-0.25, -0.2) is 0 Å². The van der Waals surface area contributed by atoms with E-state index in [0.29, 0.717) is 0 Å². The Kier molecular flexibility index (Phi) is 4.28. The lowest BCUT2D eigenvalue weighted by atomic mass is 10.0. The molecule has 2 rings (SSSR count). The highest BCUT2D eigenvalue weighted by Gasteiger charge is 2.16. The third-order valence-electron chi connectivity index (χ3n) is 2.65. The van der Waals surface area contributed by atoms with E-state index in [-0.39, 0.29) is 6.04 Å². The van der Waals surface area contributed by atoms with Crippen molar-refractivity contribution in [2.24, 2.45) is 5.73 Å². The summed E-state index contributed by atoms with van der Waals surface area (Å²) in [7, 11) is 0. The van der Waals surface area contributed by atoms with Crippen LogP contribution < -0.4 is 5.73 Å². The Morgan fingerprint density at radius 2 is 2.00 bits per heavy atom. The summed E-state index contributed by atoms with van der Waals surface area (Å²) >= 11 is 7.63. The molecule has 90 valence electrons. The first-order chi connectivity index (χ1) is 7.99. The van der Waals surface area contributed by atoms with Crippen molar-refractivity contribution < 1.29 is 0 Å². The number of hydrogen-bond donors (Lipinski definition) is 1. The van der Waals surface area contributed by atoms with Crippen LogP contribution in [0.2, 0.25) is 0 Å². The van der Waals surface area contributed by atoms with E-state index in [1.54, 1.807) is 11.3 Å². The predicted octanol–water partition coefficient (Wildman–Crippen LogP) is 4.78. The first kappa shape index (κ1) is 13.5. The third kappa shape index (κ3) is 2.92. The molecule has 1 nitrogen and oxygen atoms in total. The van der Waals surface area contributed by atoms with E-state index in [4.69, 9.17) is 5.73 Å². The van der Waals surface area contributed by atoms with Gasteiger partial charge in [-0.3, -0.25) is 0 Å².